The van der Waals surface area contributed by atoms with Gasteiger partial charge in [0.15, 0.2) is 0 Å². The van der Waals surface area contributed by atoms with Gasteiger partial charge in [0.1, 0.15) is 0 Å². The Balaban J connectivity index is 0.00000127. The first-order valence-electron chi connectivity index (χ1n) is 12.0. The monoisotopic (exact) mass is 570 g/mol. The van der Waals surface area contributed by atoms with E-state index in [2.05, 4.69) is 133 Å². The van der Waals surface area contributed by atoms with Crippen molar-refractivity contribution in [1.82, 2.24) is 0 Å². The largest absolute Gasteiger partial charge is 1.00 e. The number of hydrogen-bond donors (Lipinski definition) is 0. The van der Waals surface area contributed by atoms with Crippen LogP contribution in [0.1, 0.15) is 47.9 Å². The van der Waals surface area contributed by atoms with Gasteiger partial charge < -0.3 is 24.8 Å². The molecule has 3 aliphatic rings. The molecule has 0 bridgehead atoms. The molecule has 0 spiro atoms. The SMILES string of the molecule is C1=C[CH]([Zr+2]2([CH]3C=Cc4ccccc43)[CH](c3ccccc3)[CH]2c2ccccc2)c2ccccc21.[Cl-].[Cl-]. The molecule has 1 fully saturated rings. The summed E-state index contributed by atoms with van der Waals surface area (Å²) < 4.78 is 2.52. The van der Waals surface area contributed by atoms with Gasteiger partial charge in [0.25, 0.3) is 0 Å². The standard InChI is InChI=1S/C14H12.2C9H7.2ClH.Zr/c1-3-7-13(8-4-1)11-12-14-9-5-2-6-10-14;2*1-2-5-9-7-3-6-8(9)4-1;;;/h1-12H;2*1-7H;2*1H;/q;;;;;+2/p-2. The second-order valence-corrected chi connectivity index (χ2v) is 20.7. The maximum absolute atomic E-state index is 3.06. The van der Waals surface area contributed by atoms with E-state index in [0.29, 0.717) is 14.5 Å². The fourth-order valence-corrected chi connectivity index (χ4v) is 27.5. The van der Waals surface area contributed by atoms with Crippen LogP contribution in [0.5, 0.6) is 0 Å². The van der Waals surface area contributed by atoms with Crippen LogP contribution in [0, 0.1) is 0 Å². The number of hydrogen-bond acceptors (Lipinski definition) is 0. The number of fused-ring (bicyclic) bond motifs is 2. The van der Waals surface area contributed by atoms with E-state index in [-0.39, 0.29) is 24.8 Å². The minimum Gasteiger partial charge on any atom is -1.00 e. The Labute approximate surface area is 225 Å². The molecule has 35 heavy (non-hydrogen) atoms. The van der Waals surface area contributed by atoms with Crippen molar-refractivity contribution in [1.29, 1.82) is 0 Å². The zero-order valence-corrected chi connectivity index (χ0v) is 23.2. The zero-order valence-electron chi connectivity index (χ0n) is 19.3. The molecule has 1 saturated heterocycles. The first-order valence-corrected chi connectivity index (χ1v) is 17.7. The van der Waals surface area contributed by atoms with Crippen molar-refractivity contribution >= 4 is 12.2 Å². The maximum atomic E-state index is 2.59. The molecule has 4 atom stereocenters. The summed E-state index contributed by atoms with van der Waals surface area (Å²) in [5.74, 6) is 0. The van der Waals surface area contributed by atoms with Gasteiger partial charge in [0.05, 0.1) is 0 Å². The third kappa shape index (κ3) is 3.67. The smallest absolute Gasteiger partial charge is 1.00 e. The topological polar surface area (TPSA) is 0 Å². The Bertz CT molecular complexity index is 1280. The van der Waals surface area contributed by atoms with E-state index >= 15 is 0 Å². The molecule has 1 heterocycles. The molecule has 0 radical (unpaired) electrons. The molecule has 3 heteroatoms. The van der Waals surface area contributed by atoms with E-state index < -0.39 is 20.3 Å². The van der Waals surface area contributed by atoms with E-state index in [1.165, 1.54) is 11.1 Å². The fourth-order valence-electron chi connectivity index (χ4n) is 7.05. The van der Waals surface area contributed by atoms with Crippen LogP contribution in [0.3, 0.4) is 0 Å². The van der Waals surface area contributed by atoms with Crippen LogP contribution < -0.4 is 24.8 Å². The third-order valence-corrected chi connectivity index (χ3v) is 23.7. The molecule has 0 saturated carbocycles. The minimum atomic E-state index is -3.06. The van der Waals surface area contributed by atoms with Gasteiger partial charge in [-0.1, -0.05) is 0 Å². The van der Waals surface area contributed by atoms with Crippen LogP contribution in [0.2, 0.25) is 0 Å². The molecule has 4 aromatic rings. The summed E-state index contributed by atoms with van der Waals surface area (Å²) in [5, 5.41) is 0. The predicted octanol–water partition coefficient (Wildman–Crippen LogP) is 2.18. The molecule has 4 unspecified atom stereocenters. The van der Waals surface area contributed by atoms with Crippen LogP contribution in [-0.4, -0.2) is 0 Å². The summed E-state index contributed by atoms with van der Waals surface area (Å²) >= 11 is -3.06. The molecule has 0 N–H and O–H groups in total. The summed E-state index contributed by atoms with van der Waals surface area (Å²) in [6.45, 7) is 0. The minimum absolute atomic E-state index is 0. The zero-order chi connectivity index (χ0) is 21.8. The van der Waals surface area contributed by atoms with Crippen molar-refractivity contribution in [3.63, 3.8) is 0 Å². The van der Waals surface area contributed by atoms with Crippen molar-refractivity contribution in [2.24, 2.45) is 0 Å². The normalized spacial score (nSPS) is 25.0. The molecule has 7 rings (SSSR count). The number of allylic oxidation sites excluding steroid dienone is 2. The Morgan fingerprint density at radius 2 is 0.800 bits per heavy atom. The Morgan fingerprint density at radius 3 is 1.23 bits per heavy atom. The van der Waals surface area contributed by atoms with Crippen LogP contribution in [-0.2, 0) is 20.3 Å². The summed E-state index contributed by atoms with van der Waals surface area (Å²) in [6.07, 6.45) is 10.0. The molecular formula is C32H26Cl2Zr. The van der Waals surface area contributed by atoms with E-state index in [0.717, 1.165) is 0 Å². The van der Waals surface area contributed by atoms with Gasteiger partial charge in [-0.15, -0.1) is 0 Å². The first kappa shape index (κ1) is 24.5. The summed E-state index contributed by atoms with van der Waals surface area (Å²) in [5.41, 5.74) is 9.12. The molecule has 0 aromatic heterocycles. The maximum Gasteiger partial charge on any atom is -1.00 e. The molecule has 2 aliphatic carbocycles. The Morgan fingerprint density at radius 1 is 0.429 bits per heavy atom. The van der Waals surface area contributed by atoms with E-state index in [9.17, 15) is 0 Å². The van der Waals surface area contributed by atoms with Crippen LogP contribution in [0.25, 0.3) is 12.2 Å². The van der Waals surface area contributed by atoms with Gasteiger partial charge in [-0.3, -0.25) is 0 Å². The van der Waals surface area contributed by atoms with Crippen molar-refractivity contribution in [3.05, 3.63) is 155 Å². The van der Waals surface area contributed by atoms with Gasteiger partial charge in [0.2, 0.25) is 0 Å². The predicted molar refractivity (Wildman–Crippen MR) is 135 cm³/mol. The molecular weight excluding hydrogens is 546 g/mol. The molecule has 1 aliphatic heterocycles. The van der Waals surface area contributed by atoms with Crippen LogP contribution >= 0.6 is 0 Å². The van der Waals surface area contributed by atoms with Gasteiger partial charge in [-0.2, -0.15) is 0 Å². The van der Waals surface area contributed by atoms with Gasteiger partial charge in [0, 0.05) is 0 Å². The molecule has 0 amide bonds. The van der Waals surface area contributed by atoms with Gasteiger partial charge >= 0.3 is 202 Å². The Kier molecular flexibility index (Phi) is 6.80. The summed E-state index contributed by atoms with van der Waals surface area (Å²) in [7, 11) is 0. The van der Waals surface area contributed by atoms with Crippen molar-refractivity contribution < 1.29 is 45.1 Å². The second kappa shape index (κ2) is 9.70. The second-order valence-electron chi connectivity index (χ2n) is 9.71. The first-order chi connectivity index (χ1) is 16.4. The van der Waals surface area contributed by atoms with Crippen molar-refractivity contribution in [2.45, 2.75) is 14.5 Å². The Hall–Kier alpha value is -2.18. The van der Waals surface area contributed by atoms with Crippen LogP contribution in [0.4, 0.5) is 0 Å². The van der Waals surface area contributed by atoms with E-state index in [4.69, 9.17) is 0 Å². The van der Waals surface area contributed by atoms with Crippen molar-refractivity contribution in [2.75, 3.05) is 0 Å². The third-order valence-electron chi connectivity index (χ3n) is 8.29. The van der Waals surface area contributed by atoms with Gasteiger partial charge in [-0.05, 0) is 0 Å². The van der Waals surface area contributed by atoms with E-state index in [1.54, 1.807) is 22.3 Å². The number of halogens is 2. The number of rotatable bonds is 4. The molecule has 4 aromatic carbocycles. The average molecular weight is 573 g/mol. The summed E-state index contributed by atoms with van der Waals surface area (Å²) in [4.78, 5) is 0. The fraction of sp³-hybridized carbons (Fsp3) is 0.125. The van der Waals surface area contributed by atoms with Crippen molar-refractivity contribution in [3.8, 4) is 0 Å². The summed E-state index contributed by atoms with van der Waals surface area (Å²) in [6, 6.07) is 41.2. The quantitative estimate of drug-likeness (QED) is 0.352. The van der Waals surface area contributed by atoms with Gasteiger partial charge in [-0.25, -0.2) is 0 Å². The number of benzene rings is 4. The average Bonchev–Trinajstić information content (AvgIpc) is 3.17. The molecule has 0 nitrogen and oxygen atoms in total. The molecule has 172 valence electrons. The van der Waals surface area contributed by atoms with E-state index in [1.807, 2.05) is 0 Å². The van der Waals surface area contributed by atoms with Crippen LogP contribution in [0.15, 0.2) is 121 Å².